The van der Waals surface area contributed by atoms with E-state index in [1.54, 1.807) is 0 Å². The van der Waals surface area contributed by atoms with Gasteiger partial charge in [0.15, 0.2) is 5.69 Å². The van der Waals surface area contributed by atoms with Crippen molar-refractivity contribution >= 4 is 17.5 Å². The van der Waals surface area contributed by atoms with Crippen molar-refractivity contribution in [1.29, 1.82) is 5.26 Å². The summed E-state index contributed by atoms with van der Waals surface area (Å²) < 4.78 is 29.0. The van der Waals surface area contributed by atoms with Gasteiger partial charge < -0.3 is 4.90 Å². The minimum atomic E-state index is -0.733. The van der Waals surface area contributed by atoms with Crippen molar-refractivity contribution in [3.63, 3.8) is 0 Å². The molecule has 0 bridgehead atoms. The molecule has 1 aromatic carbocycles. The Bertz CT molecular complexity index is 909. The second-order valence-corrected chi connectivity index (χ2v) is 6.68. The zero-order valence-electron chi connectivity index (χ0n) is 13.1. The Labute approximate surface area is 147 Å². The first-order valence-electron chi connectivity index (χ1n) is 7.88. The number of hydrogen-bond donors (Lipinski definition) is 0. The zero-order valence-corrected chi connectivity index (χ0v) is 13.9. The lowest BCUT2D eigenvalue weighted by Crippen LogP contribution is -2.45. The van der Waals surface area contributed by atoms with E-state index in [1.807, 2.05) is 0 Å². The maximum Gasteiger partial charge on any atom is 0.275 e. The molecule has 0 radical (unpaired) electrons. The average molecular weight is 363 g/mol. The molecule has 4 rings (SSSR count). The van der Waals surface area contributed by atoms with Gasteiger partial charge >= 0.3 is 0 Å². The Balaban J connectivity index is 1.69. The molecule has 1 aliphatic carbocycles. The van der Waals surface area contributed by atoms with E-state index in [0.717, 1.165) is 12.1 Å². The highest BCUT2D eigenvalue weighted by molar-refractivity contribution is 6.31. The van der Waals surface area contributed by atoms with Crippen LogP contribution in [0.3, 0.4) is 0 Å². The number of amides is 1. The molecule has 25 heavy (non-hydrogen) atoms. The minimum Gasteiger partial charge on any atom is -0.318 e. The van der Waals surface area contributed by atoms with Crippen LogP contribution in [0.1, 0.15) is 34.5 Å². The van der Waals surface area contributed by atoms with Crippen molar-refractivity contribution in [2.75, 3.05) is 6.54 Å². The zero-order chi connectivity index (χ0) is 17.8. The predicted octanol–water partition coefficient (Wildman–Crippen LogP) is 2.92. The maximum absolute atomic E-state index is 13.9. The summed E-state index contributed by atoms with van der Waals surface area (Å²) >= 11 is 6.29. The third kappa shape index (κ3) is 2.40. The average Bonchev–Trinajstić information content (AvgIpc) is 3.32. The van der Waals surface area contributed by atoms with Crippen molar-refractivity contribution in [2.45, 2.75) is 31.3 Å². The molecule has 128 valence electrons. The van der Waals surface area contributed by atoms with Crippen LogP contribution < -0.4 is 0 Å². The molecule has 2 aliphatic rings. The first-order chi connectivity index (χ1) is 12.0. The van der Waals surface area contributed by atoms with Crippen LogP contribution in [0.4, 0.5) is 8.78 Å². The summed E-state index contributed by atoms with van der Waals surface area (Å²) in [6.45, 7) is 0.180. The summed E-state index contributed by atoms with van der Waals surface area (Å²) in [6, 6.07) is 5.80. The van der Waals surface area contributed by atoms with Gasteiger partial charge in [0.2, 0.25) is 0 Å². The monoisotopic (exact) mass is 362 g/mol. The number of benzene rings is 1. The molecule has 2 heterocycles. The van der Waals surface area contributed by atoms with Crippen molar-refractivity contribution in [1.82, 2.24) is 14.7 Å². The number of carbonyl (C=O) groups is 1. The van der Waals surface area contributed by atoms with Crippen molar-refractivity contribution in [3.8, 4) is 6.07 Å². The van der Waals surface area contributed by atoms with Crippen LogP contribution in [0, 0.1) is 23.0 Å². The molecule has 1 amide bonds. The third-order valence-electron chi connectivity index (χ3n) is 4.83. The summed E-state index contributed by atoms with van der Waals surface area (Å²) in [5.41, 5.74) is -0.171. The Morgan fingerprint density at radius 1 is 1.32 bits per heavy atom. The van der Waals surface area contributed by atoms with Crippen LogP contribution in [0.15, 0.2) is 18.2 Å². The molecule has 0 saturated heterocycles. The molecule has 5 nitrogen and oxygen atoms in total. The predicted molar refractivity (Wildman–Crippen MR) is 85.0 cm³/mol. The summed E-state index contributed by atoms with van der Waals surface area (Å²) in [5, 5.41) is 13.7. The molecule has 0 spiro atoms. The Morgan fingerprint density at radius 2 is 2.00 bits per heavy atom. The van der Waals surface area contributed by atoms with Crippen molar-refractivity contribution < 1.29 is 13.6 Å². The fraction of sp³-hybridized carbons (Fsp3) is 0.353. The number of fused-ring (bicyclic) bond motifs is 1. The van der Waals surface area contributed by atoms with E-state index in [2.05, 4.69) is 11.2 Å². The summed E-state index contributed by atoms with van der Waals surface area (Å²) in [6.07, 6.45) is 1.77. The second kappa shape index (κ2) is 5.53. The van der Waals surface area contributed by atoms with Crippen LogP contribution in [-0.4, -0.2) is 32.7 Å². The smallest absolute Gasteiger partial charge is 0.275 e. The van der Waals surface area contributed by atoms with Gasteiger partial charge in [-0.15, -0.1) is 0 Å². The number of nitriles is 1. The Kier molecular flexibility index (Phi) is 3.55. The minimum absolute atomic E-state index is 0.162. The highest BCUT2D eigenvalue weighted by Gasteiger charge is 2.53. The molecule has 1 fully saturated rings. The second-order valence-electron chi connectivity index (χ2n) is 6.33. The van der Waals surface area contributed by atoms with E-state index in [9.17, 15) is 18.8 Å². The van der Waals surface area contributed by atoms with Gasteiger partial charge in [-0.1, -0.05) is 17.7 Å². The number of rotatable bonds is 3. The first kappa shape index (κ1) is 16.0. The third-order valence-corrected chi connectivity index (χ3v) is 5.26. The first-order valence-corrected chi connectivity index (χ1v) is 8.26. The standard InChI is InChI=1S/C17H13ClF2N4O/c18-15-10-4-7-23(17(9-21)5-6-17)16(25)14(10)22-24(15)8-11-12(19)2-1-3-13(11)20/h1-3H,4-8H2. The maximum atomic E-state index is 13.9. The molecular weight excluding hydrogens is 350 g/mol. The lowest BCUT2D eigenvalue weighted by molar-refractivity contribution is 0.0674. The molecule has 0 atom stereocenters. The molecule has 1 aromatic heterocycles. The molecule has 2 aromatic rings. The van der Waals surface area contributed by atoms with Gasteiger partial charge in [-0.05, 0) is 31.4 Å². The van der Waals surface area contributed by atoms with E-state index >= 15 is 0 Å². The van der Waals surface area contributed by atoms with E-state index in [4.69, 9.17) is 11.6 Å². The highest BCUT2D eigenvalue weighted by atomic mass is 35.5. The van der Waals surface area contributed by atoms with Gasteiger partial charge in [-0.25, -0.2) is 13.5 Å². The molecular formula is C17H13ClF2N4O. The number of hydrogen-bond acceptors (Lipinski definition) is 3. The quantitative estimate of drug-likeness (QED) is 0.843. The van der Waals surface area contributed by atoms with Gasteiger partial charge in [-0.2, -0.15) is 10.4 Å². The summed E-state index contributed by atoms with van der Waals surface area (Å²) in [7, 11) is 0. The fourth-order valence-corrected chi connectivity index (χ4v) is 3.51. The van der Waals surface area contributed by atoms with Crippen LogP contribution in [-0.2, 0) is 13.0 Å². The molecule has 0 unspecified atom stereocenters. The van der Waals surface area contributed by atoms with Crippen LogP contribution in [0.5, 0.6) is 0 Å². The summed E-state index contributed by atoms with van der Waals surface area (Å²) in [5.74, 6) is -1.74. The van der Waals surface area contributed by atoms with E-state index in [1.165, 1.54) is 15.6 Å². The van der Waals surface area contributed by atoms with Gasteiger partial charge in [0.05, 0.1) is 12.6 Å². The largest absolute Gasteiger partial charge is 0.318 e. The van der Waals surface area contributed by atoms with Crippen LogP contribution >= 0.6 is 11.6 Å². The van der Waals surface area contributed by atoms with E-state index < -0.39 is 17.2 Å². The SMILES string of the molecule is N#CC1(N2CCc3c(nn(Cc4c(F)cccc4F)c3Cl)C2=O)CC1. The Morgan fingerprint density at radius 3 is 2.60 bits per heavy atom. The number of carbonyl (C=O) groups excluding carboxylic acids is 1. The van der Waals surface area contributed by atoms with Gasteiger partial charge in [0, 0.05) is 17.7 Å². The van der Waals surface area contributed by atoms with Crippen LogP contribution in [0.2, 0.25) is 5.15 Å². The molecule has 8 heteroatoms. The lowest BCUT2D eigenvalue weighted by atomic mass is 10.0. The molecule has 1 saturated carbocycles. The van der Waals surface area contributed by atoms with E-state index in [0.29, 0.717) is 31.4 Å². The number of nitrogens with zero attached hydrogens (tertiary/aromatic N) is 4. The highest BCUT2D eigenvalue weighted by Crippen LogP contribution is 2.43. The summed E-state index contributed by atoms with van der Waals surface area (Å²) in [4.78, 5) is 14.2. The van der Waals surface area contributed by atoms with Gasteiger partial charge in [0.1, 0.15) is 22.3 Å². The number of aromatic nitrogens is 2. The molecule has 0 N–H and O–H groups in total. The number of halogens is 3. The molecule has 1 aliphatic heterocycles. The van der Waals surface area contributed by atoms with E-state index in [-0.39, 0.29) is 28.9 Å². The van der Waals surface area contributed by atoms with Gasteiger partial charge in [0.25, 0.3) is 5.91 Å². The fourth-order valence-electron chi connectivity index (χ4n) is 3.23. The topological polar surface area (TPSA) is 61.9 Å². The van der Waals surface area contributed by atoms with Gasteiger partial charge in [-0.3, -0.25) is 4.79 Å². The van der Waals surface area contributed by atoms with Crippen molar-refractivity contribution in [3.05, 3.63) is 51.8 Å². The Hall–Kier alpha value is -2.46. The van der Waals surface area contributed by atoms with Crippen molar-refractivity contribution in [2.24, 2.45) is 0 Å². The van der Waals surface area contributed by atoms with Crippen LogP contribution in [0.25, 0.3) is 0 Å². The normalized spacial score (nSPS) is 18.0. The lowest BCUT2D eigenvalue weighted by Gasteiger charge is -2.30.